The highest BCUT2D eigenvalue weighted by Gasteiger charge is 2.26. The van der Waals surface area contributed by atoms with Crippen LogP contribution in [0.3, 0.4) is 0 Å². The third-order valence-electron chi connectivity index (χ3n) is 4.43. The van der Waals surface area contributed by atoms with Crippen molar-refractivity contribution in [3.63, 3.8) is 0 Å². The number of ether oxygens (including phenoxy) is 1. The third-order valence-corrected chi connectivity index (χ3v) is 6.37. The second-order valence-corrected chi connectivity index (χ2v) is 8.49. The van der Waals surface area contributed by atoms with Crippen molar-refractivity contribution in [2.75, 3.05) is 17.7 Å². The van der Waals surface area contributed by atoms with Crippen LogP contribution in [0.1, 0.15) is 41.5 Å². The molecule has 2 N–H and O–H groups in total. The molecule has 3 rings (SSSR count). The molecule has 0 unspecified atom stereocenters. The maximum Gasteiger partial charge on any atom is 0.341 e. The first kappa shape index (κ1) is 22.8. The van der Waals surface area contributed by atoms with Gasteiger partial charge in [0.2, 0.25) is 0 Å². The van der Waals surface area contributed by atoms with Gasteiger partial charge >= 0.3 is 5.97 Å². The van der Waals surface area contributed by atoms with Gasteiger partial charge in [-0.05, 0) is 55.3 Å². The molecule has 160 valence electrons. The van der Waals surface area contributed by atoms with Gasteiger partial charge in [-0.3, -0.25) is 9.59 Å². The molecule has 0 radical (unpaired) electrons. The van der Waals surface area contributed by atoms with Crippen LogP contribution in [0, 0.1) is 13.8 Å². The minimum atomic E-state index is -0.659. The maximum atomic E-state index is 12.9. The number of rotatable bonds is 5. The number of benzene rings is 2. The highest BCUT2D eigenvalue weighted by atomic mass is 35.5. The molecular weight excluding hydrogens is 459 g/mol. The molecule has 0 saturated heterocycles. The standard InChI is InChI=1S/C22H18Cl2N2O4S/c1-11-5-4-6-14(9-11)25-20(28)18-12(2)17(22(29)30-3)21(31-18)26-19(27)13-7-8-15(23)16(24)10-13/h4-10H,1-3H3,(H,25,28)(H,26,27). The number of halogens is 2. The molecule has 2 aromatic carbocycles. The largest absolute Gasteiger partial charge is 0.465 e. The number of hydrogen-bond acceptors (Lipinski definition) is 5. The van der Waals surface area contributed by atoms with Crippen molar-refractivity contribution < 1.29 is 19.1 Å². The van der Waals surface area contributed by atoms with Crippen molar-refractivity contribution in [2.24, 2.45) is 0 Å². The van der Waals surface area contributed by atoms with Crippen LogP contribution in [0.25, 0.3) is 0 Å². The first-order valence-electron chi connectivity index (χ1n) is 9.07. The van der Waals surface area contributed by atoms with Crippen molar-refractivity contribution >= 4 is 63.0 Å². The zero-order chi connectivity index (χ0) is 22.7. The average Bonchev–Trinajstić information content (AvgIpc) is 3.05. The molecule has 2 amide bonds. The summed E-state index contributed by atoms with van der Waals surface area (Å²) in [5.41, 5.74) is 2.40. The Bertz CT molecular complexity index is 1190. The number of anilines is 2. The fraction of sp³-hybridized carbons (Fsp3) is 0.136. The lowest BCUT2D eigenvalue weighted by Crippen LogP contribution is -2.14. The van der Waals surface area contributed by atoms with Crippen LogP contribution < -0.4 is 10.6 Å². The molecule has 1 heterocycles. The van der Waals surface area contributed by atoms with E-state index in [2.05, 4.69) is 10.6 Å². The minimum Gasteiger partial charge on any atom is -0.465 e. The van der Waals surface area contributed by atoms with Gasteiger partial charge in [0.15, 0.2) is 0 Å². The molecule has 0 aliphatic heterocycles. The monoisotopic (exact) mass is 476 g/mol. The highest BCUT2D eigenvalue weighted by Crippen LogP contribution is 2.35. The summed E-state index contributed by atoms with van der Waals surface area (Å²) in [5.74, 6) is -1.56. The summed E-state index contributed by atoms with van der Waals surface area (Å²) >= 11 is 12.9. The SMILES string of the molecule is COC(=O)c1c(NC(=O)c2ccc(Cl)c(Cl)c2)sc(C(=O)Nc2cccc(C)c2)c1C. The molecule has 0 fully saturated rings. The number of carbonyl (C=O) groups is 3. The first-order chi connectivity index (χ1) is 14.7. The van der Waals surface area contributed by atoms with E-state index < -0.39 is 17.8 Å². The van der Waals surface area contributed by atoms with E-state index in [0.717, 1.165) is 16.9 Å². The van der Waals surface area contributed by atoms with Crippen LogP contribution in [0.4, 0.5) is 10.7 Å². The van der Waals surface area contributed by atoms with Gasteiger partial charge in [-0.15, -0.1) is 11.3 Å². The Morgan fingerprint density at radius 1 is 0.935 bits per heavy atom. The number of carbonyl (C=O) groups excluding carboxylic acids is 3. The molecule has 0 spiro atoms. The molecule has 0 atom stereocenters. The zero-order valence-electron chi connectivity index (χ0n) is 16.8. The molecule has 0 aliphatic carbocycles. The van der Waals surface area contributed by atoms with Crippen LogP contribution >= 0.6 is 34.5 Å². The summed E-state index contributed by atoms with van der Waals surface area (Å²) in [5, 5.41) is 6.23. The lowest BCUT2D eigenvalue weighted by Gasteiger charge is -2.07. The Morgan fingerprint density at radius 3 is 2.32 bits per heavy atom. The van der Waals surface area contributed by atoms with Gasteiger partial charge in [-0.1, -0.05) is 35.3 Å². The minimum absolute atomic E-state index is 0.121. The second-order valence-electron chi connectivity index (χ2n) is 6.66. The van der Waals surface area contributed by atoms with E-state index in [4.69, 9.17) is 27.9 Å². The van der Waals surface area contributed by atoms with Crippen LogP contribution in [-0.4, -0.2) is 24.9 Å². The van der Waals surface area contributed by atoms with Crippen LogP contribution in [-0.2, 0) is 4.74 Å². The van der Waals surface area contributed by atoms with Crippen LogP contribution in [0.15, 0.2) is 42.5 Å². The summed E-state index contributed by atoms with van der Waals surface area (Å²) in [6, 6.07) is 11.8. The number of esters is 1. The quantitative estimate of drug-likeness (QED) is 0.444. The van der Waals surface area contributed by atoms with Crippen molar-refractivity contribution in [2.45, 2.75) is 13.8 Å². The average molecular weight is 477 g/mol. The third kappa shape index (κ3) is 5.07. The van der Waals surface area contributed by atoms with Gasteiger partial charge in [0.25, 0.3) is 11.8 Å². The van der Waals surface area contributed by atoms with Crippen molar-refractivity contribution in [3.05, 3.63) is 79.6 Å². The Morgan fingerprint density at radius 2 is 1.68 bits per heavy atom. The molecule has 0 aliphatic rings. The second kappa shape index (κ2) is 9.51. The smallest absolute Gasteiger partial charge is 0.341 e. The highest BCUT2D eigenvalue weighted by molar-refractivity contribution is 7.19. The summed E-state index contributed by atoms with van der Waals surface area (Å²) < 4.78 is 4.85. The first-order valence-corrected chi connectivity index (χ1v) is 10.6. The van der Waals surface area contributed by atoms with Gasteiger partial charge in [-0.2, -0.15) is 0 Å². The van der Waals surface area contributed by atoms with Gasteiger partial charge in [0, 0.05) is 11.3 Å². The molecule has 0 bridgehead atoms. The van der Waals surface area contributed by atoms with Crippen molar-refractivity contribution in [1.29, 1.82) is 0 Å². The maximum absolute atomic E-state index is 12.9. The predicted molar refractivity (Wildman–Crippen MR) is 124 cm³/mol. The van der Waals surface area contributed by atoms with Crippen LogP contribution in [0.5, 0.6) is 0 Å². The summed E-state index contributed by atoms with van der Waals surface area (Å²) in [6.07, 6.45) is 0. The normalized spacial score (nSPS) is 10.5. The van der Waals surface area contributed by atoms with E-state index in [-0.39, 0.29) is 26.0 Å². The van der Waals surface area contributed by atoms with Crippen molar-refractivity contribution in [3.8, 4) is 0 Å². The fourth-order valence-corrected chi connectivity index (χ4v) is 4.27. The van der Waals surface area contributed by atoms with Gasteiger partial charge < -0.3 is 15.4 Å². The van der Waals surface area contributed by atoms with Gasteiger partial charge in [0.05, 0.1) is 27.6 Å². The van der Waals surface area contributed by atoms with E-state index in [9.17, 15) is 14.4 Å². The topological polar surface area (TPSA) is 84.5 Å². The number of methoxy groups -OCH3 is 1. The number of amides is 2. The van der Waals surface area contributed by atoms with E-state index in [1.165, 1.54) is 25.3 Å². The molecule has 3 aromatic rings. The van der Waals surface area contributed by atoms with Gasteiger partial charge in [-0.25, -0.2) is 4.79 Å². The summed E-state index contributed by atoms with van der Waals surface area (Å²) in [7, 11) is 1.23. The lowest BCUT2D eigenvalue weighted by molar-refractivity contribution is 0.0601. The van der Waals surface area contributed by atoms with Crippen LogP contribution in [0.2, 0.25) is 10.0 Å². The number of aryl methyl sites for hydroxylation is 1. The predicted octanol–water partition coefficient (Wildman–Crippen LogP) is 5.96. The summed E-state index contributed by atoms with van der Waals surface area (Å²) in [6.45, 7) is 3.54. The molecule has 6 nitrogen and oxygen atoms in total. The van der Waals surface area contributed by atoms with Gasteiger partial charge in [0.1, 0.15) is 5.00 Å². The molecule has 9 heteroatoms. The van der Waals surface area contributed by atoms with E-state index in [1.807, 2.05) is 25.1 Å². The fourth-order valence-electron chi connectivity index (χ4n) is 2.89. The number of thiophene rings is 1. The molecular formula is C22H18Cl2N2O4S. The molecule has 0 saturated carbocycles. The Labute approximate surface area is 193 Å². The number of hydrogen-bond donors (Lipinski definition) is 2. The Kier molecular flexibility index (Phi) is 7.00. The molecule has 31 heavy (non-hydrogen) atoms. The Balaban J connectivity index is 1.94. The van der Waals surface area contributed by atoms with E-state index >= 15 is 0 Å². The Hall–Kier alpha value is -2.87. The zero-order valence-corrected chi connectivity index (χ0v) is 19.2. The summed E-state index contributed by atoms with van der Waals surface area (Å²) in [4.78, 5) is 38.2. The molecule has 1 aromatic heterocycles. The van der Waals surface area contributed by atoms with E-state index in [1.54, 1.807) is 13.0 Å². The van der Waals surface area contributed by atoms with Crippen molar-refractivity contribution in [1.82, 2.24) is 0 Å². The lowest BCUT2D eigenvalue weighted by atomic mass is 10.1. The number of nitrogens with one attached hydrogen (secondary N) is 2. The van der Waals surface area contributed by atoms with E-state index in [0.29, 0.717) is 16.3 Å².